The third kappa shape index (κ3) is 4.05. The van der Waals surface area contributed by atoms with E-state index in [0.29, 0.717) is 11.3 Å². The van der Waals surface area contributed by atoms with Crippen LogP contribution in [0.5, 0.6) is 0 Å². The van der Waals surface area contributed by atoms with E-state index in [9.17, 15) is 4.39 Å². The first-order valence-electron chi connectivity index (χ1n) is 5.56. The highest BCUT2D eigenvalue weighted by Crippen LogP contribution is 2.21. The average molecular weight is 274 g/mol. The van der Waals surface area contributed by atoms with Gasteiger partial charge < -0.3 is 5.11 Å². The first-order valence-corrected chi connectivity index (χ1v) is 6.55. The number of aliphatic hydroxyl groups is 1. The molecule has 1 N–H and O–H groups in total. The summed E-state index contributed by atoms with van der Waals surface area (Å²) in [5.74, 6) is 5.33. The molecular weight excluding hydrogens is 263 g/mol. The van der Waals surface area contributed by atoms with Gasteiger partial charge in [0.15, 0.2) is 0 Å². The van der Waals surface area contributed by atoms with Crippen LogP contribution in [0.3, 0.4) is 0 Å². The van der Waals surface area contributed by atoms with E-state index in [4.69, 9.17) is 5.11 Å². The summed E-state index contributed by atoms with van der Waals surface area (Å²) in [6.07, 6.45) is 3.17. The molecule has 0 aliphatic carbocycles. The van der Waals surface area contributed by atoms with E-state index in [0.717, 1.165) is 10.6 Å². The Kier molecular flexibility index (Phi) is 4.90. The Morgan fingerprint density at radius 2 is 2.21 bits per heavy atom. The first-order chi connectivity index (χ1) is 9.29. The predicted octanol–water partition coefficient (Wildman–Crippen LogP) is 2.25. The van der Waals surface area contributed by atoms with E-state index < -0.39 is 0 Å². The monoisotopic (exact) mass is 274 g/mol. The molecule has 1 heterocycles. The van der Waals surface area contributed by atoms with Crippen LogP contribution in [0.15, 0.2) is 41.8 Å². The molecule has 96 valence electrons. The molecule has 0 aliphatic heterocycles. The fourth-order valence-corrected chi connectivity index (χ4v) is 2.19. The Bertz CT molecular complexity index is 608. The van der Waals surface area contributed by atoms with Gasteiger partial charge in [-0.15, -0.1) is 11.8 Å². The molecular formula is C14H11FN2OS. The highest BCUT2D eigenvalue weighted by Gasteiger charge is 2.02. The molecule has 0 saturated carbocycles. The molecule has 0 radical (unpaired) electrons. The van der Waals surface area contributed by atoms with E-state index in [1.165, 1.54) is 12.4 Å². The Morgan fingerprint density at radius 1 is 1.32 bits per heavy atom. The Hall–Kier alpha value is -1.90. The normalized spacial score (nSPS) is 9.79. The van der Waals surface area contributed by atoms with Crippen molar-refractivity contribution in [3.05, 3.63) is 53.7 Å². The molecule has 0 bridgehead atoms. The zero-order chi connectivity index (χ0) is 13.5. The second-order valence-electron chi connectivity index (χ2n) is 3.61. The standard InChI is InChI=1S/C14H11FN2OS/c15-13-4-3-11(8-12(13)2-1-7-18)9-19-14-5-6-16-10-17-14/h3-6,8,10,18H,7,9H2. The van der Waals surface area contributed by atoms with Crippen molar-refractivity contribution in [2.24, 2.45) is 0 Å². The van der Waals surface area contributed by atoms with Gasteiger partial charge in [-0.05, 0) is 23.8 Å². The molecule has 2 rings (SSSR count). The second kappa shape index (κ2) is 6.88. The lowest BCUT2D eigenvalue weighted by atomic mass is 10.1. The minimum atomic E-state index is -0.378. The molecule has 0 fully saturated rings. The van der Waals surface area contributed by atoms with Gasteiger partial charge in [-0.2, -0.15) is 0 Å². The summed E-state index contributed by atoms with van der Waals surface area (Å²) in [5, 5.41) is 9.49. The lowest BCUT2D eigenvalue weighted by molar-refractivity contribution is 0.350. The summed E-state index contributed by atoms with van der Waals surface area (Å²) in [6, 6.07) is 6.61. The molecule has 19 heavy (non-hydrogen) atoms. The third-order valence-corrected chi connectivity index (χ3v) is 3.29. The summed E-state index contributed by atoms with van der Waals surface area (Å²) in [5.41, 5.74) is 1.25. The van der Waals surface area contributed by atoms with Gasteiger partial charge in [-0.25, -0.2) is 14.4 Å². The Morgan fingerprint density at radius 3 is 2.95 bits per heavy atom. The van der Waals surface area contributed by atoms with Crippen LogP contribution in [0.25, 0.3) is 0 Å². The van der Waals surface area contributed by atoms with Crippen LogP contribution in [0.4, 0.5) is 4.39 Å². The van der Waals surface area contributed by atoms with Gasteiger partial charge in [-0.3, -0.25) is 0 Å². The smallest absolute Gasteiger partial charge is 0.138 e. The lowest BCUT2D eigenvalue weighted by Crippen LogP contribution is -1.89. The van der Waals surface area contributed by atoms with Crippen LogP contribution in [-0.2, 0) is 5.75 Å². The van der Waals surface area contributed by atoms with Crippen molar-refractivity contribution in [2.75, 3.05) is 6.61 Å². The molecule has 0 amide bonds. The number of thioether (sulfide) groups is 1. The van der Waals surface area contributed by atoms with Crippen molar-refractivity contribution in [1.29, 1.82) is 0 Å². The van der Waals surface area contributed by atoms with Crippen LogP contribution in [0, 0.1) is 17.7 Å². The largest absolute Gasteiger partial charge is 0.384 e. The van der Waals surface area contributed by atoms with Crippen molar-refractivity contribution in [2.45, 2.75) is 10.8 Å². The lowest BCUT2D eigenvalue weighted by Gasteiger charge is -2.02. The molecule has 2 aromatic rings. The molecule has 0 spiro atoms. The van der Waals surface area contributed by atoms with E-state index in [1.54, 1.807) is 30.1 Å². The zero-order valence-corrected chi connectivity index (χ0v) is 10.8. The quantitative estimate of drug-likeness (QED) is 0.530. The fourth-order valence-electron chi connectivity index (χ4n) is 1.41. The van der Waals surface area contributed by atoms with Gasteiger partial charge >= 0.3 is 0 Å². The number of nitrogens with zero attached hydrogens (tertiary/aromatic N) is 2. The summed E-state index contributed by atoms with van der Waals surface area (Å²) >= 11 is 1.54. The number of hydrogen-bond donors (Lipinski definition) is 1. The topological polar surface area (TPSA) is 46.0 Å². The van der Waals surface area contributed by atoms with E-state index >= 15 is 0 Å². The van der Waals surface area contributed by atoms with Crippen molar-refractivity contribution in [3.63, 3.8) is 0 Å². The maximum Gasteiger partial charge on any atom is 0.138 e. The number of benzene rings is 1. The van der Waals surface area contributed by atoms with Crippen LogP contribution in [0.1, 0.15) is 11.1 Å². The maximum atomic E-state index is 13.4. The maximum absolute atomic E-state index is 13.4. The molecule has 1 aromatic heterocycles. The molecule has 1 aromatic carbocycles. The van der Waals surface area contributed by atoms with Crippen molar-refractivity contribution in [1.82, 2.24) is 9.97 Å². The predicted molar refractivity (Wildman–Crippen MR) is 72.0 cm³/mol. The molecule has 3 nitrogen and oxygen atoms in total. The summed E-state index contributed by atoms with van der Waals surface area (Å²) in [4.78, 5) is 7.94. The fraction of sp³-hybridized carbons (Fsp3) is 0.143. The molecule has 0 saturated heterocycles. The molecule has 0 atom stereocenters. The highest BCUT2D eigenvalue weighted by molar-refractivity contribution is 7.98. The van der Waals surface area contributed by atoms with Crippen molar-refractivity contribution >= 4 is 11.8 Å². The summed E-state index contributed by atoms with van der Waals surface area (Å²) < 4.78 is 13.4. The minimum Gasteiger partial charge on any atom is -0.384 e. The number of rotatable bonds is 3. The van der Waals surface area contributed by atoms with E-state index in [-0.39, 0.29) is 12.4 Å². The minimum absolute atomic E-state index is 0.278. The molecule has 0 unspecified atom stereocenters. The van der Waals surface area contributed by atoms with Crippen LogP contribution in [-0.4, -0.2) is 21.7 Å². The van der Waals surface area contributed by atoms with Gasteiger partial charge in [0.25, 0.3) is 0 Å². The number of aliphatic hydroxyl groups excluding tert-OH is 1. The second-order valence-corrected chi connectivity index (χ2v) is 4.61. The number of halogens is 1. The van der Waals surface area contributed by atoms with Gasteiger partial charge in [0.2, 0.25) is 0 Å². The summed E-state index contributed by atoms with van der Waals surface area (Å²) in [7, 11) is 0. The van der Waals surface area contributed by atoms with Gasteiger partial charge in [0.05, 0.1) is 10.6 Å². The van der Waals surface area contributed by atoms with Gasteiger partial charge in [0.1, 0.15) is 18.8 Å². The number of hydrogen-bond acceptors (Lipinski definition) is 4. The Labute approximate surface area is 114 Å². The van der Waals surface area contributed by atoms with E-state index in [1.807, 2.05) is 6.07 Å². The van der Waals surface area contributed by atoms with E-state index in [2.05, 4.69) is 21.8 Å². The van der Waals surface area contributed by atoms with Gasteiger partial charge in [0, 0.05) is 11.9 Å². The zero-order valence-electron chi connectivity index (χ0n) is 10.0. The first kappa shape index (κ1) is 13.5. The third-order valence-electron chi connectivity index (χ3n) is 2.27. The number of aromatic nitrogens is 2. The summed E-state index contributed by atoms with van der Waals surface area (Å²) in [6.45, 7) is -0.278. The molecule has 5 heteroatoms. The van der Waals surface area contributed by atoms with Crippen LogP contribution in [0.2, 0.25) is 0 Å². The van der Waals surface area contributed by atoms with Crippen molar-refractivity contribution in [3.8, 4) is 11.8 Å². The Balaban J connectivity index is 2.09. The SMILES string of the molecule is OCC#Cc1cc(CSc2ccncn2)ccc1F. The van der Waals surface area contributed by atoms with Crippen LogP contribution >= 0.6 is 11.8 Å². The van der Waals surface area contributed by atoms with Gasteiger partial charge in [-0.1, -0.05) is 17.9 Å². The van der Waals surface area contributed by atoms with Crippen molar-refractivity contribution < 1.29 is 9.50 Å². The average Bonchev–Trinajstić information content (AvgIpc) is 2.46. The highest BCUT2D eigenvalue weighted by atomic mass is 32.2. The molecule has 0 aliphatic rings. The van der Waals surface area contributed by atoms with Crippen LogP contribution < -0.4 is 0 Å².